The SMILES string of the molecule is Cl.c1cnnc(OC2CCNCC2)c1. The summed E-state index contributed by atoms with van der Waals surface area (Å²) in [6.45, 7) is 2.07. The monoisotopic (exact) mass is 215 g/mol. The van der Waals surface area contributed by atoms with Crippen molar-refractivity contribution in [2.75, 3.05) is 13.1 Å². The minimum Gasteiger partial charge on any atom is -0.473 e. The topological polar surface area (TPSA) is 47.0 Å². The van der Waals surface area contributed by atoms with E-state index in [0.29, 0.717) is 12.0 Å². The van der Waals surface area contributed by atoms with E-state index in [2.05, 4.69) is 15.5 Å². The molecule has 1 fully saturated rings. The van der Waals surface area contributed by atoms with Crippen molar-refractivity contribution >= 4 is 12.4 Å². The molecule has 1 saturated heterocycles. The molecule has 0 unspecified atom stereocenters. The highest BCUT2D eigenvalue weighted by molar-refractivity contribution is 5.85. The van der Waals surface area contributed by atoms with E-state index in [1.54, 1.807) is 6.20 Å². The first-order valence-corrected chi connectivity index (χ1v) is 4.60. The van der Waals surface area contributed by atoms with Gasteiger partial charge in [-0.05, 0) is 32.0 Å². The summed E-state index contributed by atoms with van der Waals surface area (Å²) < 4.78 is 5.64. The normalized spacial score (nSPS) is 17.1. The quantitative estimate of drug-likeness (QED) is 0.801. The molecule has 0 aromatic carbocycles. The van der Waals surface area contributed by atoms with Crippen LogP contribution >= 0.6 is 12.4 Å². The zero-order chi connectivity index (χ0) is 8.93. The van der Waals surface area contributed by atoms with Gasteiger partial charge in [-0.2, -0.15) is 5.10 Å². The van der Waals surface area contributed by atoms with E-state index in [4.69, 9.17) is 4.74 Å². The van der Waals surface area contributed by atoms with Gasteiger partial charge >= 0.3 is 0 Å². The van der Waals surface area contributed by atoms with Gasteiger partial charge in [-0.15, -0.1) is 17.5 Å². The maximum atomic E-state index is 5.64. The van der Waals surface area contributed by atoms with Crippen LogP contribution < -0.4 is 10.1 Å². The number of halogens is 1. The van der Waals surface area contributed by atoms with E-state index in [1.807, 2.05) is 12.1 Å². The molecule has 1 aromatic rings. The molecule has 14 heavy (non-hydrogen) atoms. The summed E-state index contributed by atoms with van der Waals surface area (Å²) in [5, 5.41) is 10.9. The Balaban J connectivity index is 0.000000980. The van der Waals surface area contributed by atoms with Crippen LogP contribution in [0.1, 0.15) is 12.8 Å². The molecule has 5 heteroatoms. The van der Waals surface area contributed by atoms with Crippen LogP contribution in [0.4, 0.5) is 0 Å². The minimum absolute atomic E-state index is 0. The van der Waals surface area contributed by atoms with Crippen molar-refractivity contribution in [3.63, 3.8) is 0 Å². The molecule has 0 saturated carbocycles. The van der Waals surface area contributed by atoms with Crippen LogP contribution in [0.2, 0.25) is 0 Å². The second kappa shape index (κ2) is 5.78. The lowest BCUT2D eigenvalue weighted by Crippen LogP contribution is -2.34. The van der Waals surface area contributed by atoms with Gasteiger partial charge in [0.15, 0.2) is 0 Å². The minimum atomic E-state index is 0. The van der Waals surface area contributed by atoms with Crippen molar-refractivity contribution in [2.24, 2.45) is 0 Å². The van der Waals surface area contributed by atoms with Crippen LogP contribution in [0.15, 0.2) is 18.3 Å². The number of piperidine rings is 1. The third kappa shape index (κ3) is 3.12. The standard InChI is InChI=1S/C9H13N3O.ClH/c1-2-9(12-11-5-1)13-8-3-6-10-7-4-8;/h1-2,5,8,10H,3-4,6-7H2;1H. The van der Waals surface area contributed by atoms with Crippen LogP contribution in [0.3, 0.4) is 0 Å². The maximum Gasteiger partial charge on any atom is 0.233 e. The maximum absolute atomic E-state index is 5.64. The highest BCUT2D eigenvalue weighted by Gasteiger charge is 2.14. The predicted octanol–water partition coefficient (Wildman–Crippen LogP) is 1.03. The number of rotatable bonds is 2. The van der Waals surface area contributed by atoms with Crippen molar-refractivity contribution < 1.29 is 4.74 Å². The van der Waals surface area contributed by atoms with Crippen LogP contribution in [-0.4, -0.2) is 29.4 Å². The Hall–Kier alpha value is -0.870. The van der Waals surface area contributed by atoms with Crippen molar-refractivity contribution in [3.8, 4) is 5.88 Å². The number of aromatic nitrogens is 2. The molecule has 1 aliphatic rings. The molecule has 2 heterocycles. The van der Waals surface area contributed by atoms with Gasteiger partial charge in [0.05, 0.1) is 0 Å². The molecule has 78 valence electrons. The molecule has 4 nitrogen and oxygen atoms in total. The van der Waals surface area contributed by atoms with Gasteiger partial charge in [-0.3, -0.25) is 0 Å². The van der Waals surface area contributed by atoms with Crippen molar-refractivity contribution in [1.82, 2.24) is 15.5 Å². The largest absolute Gasteiger partial charge is 0.473 e. The number of hydrogen-bond donors (Lipinski definition) is 1. The lowest BCUT2D eigenvalue weighted by atomic mass is 10.1. The van der Waals surface area contributed by atoms with Gasteiger partial charge in [0.2, 0.25) is 5.88 Å². The smallest absolute Gasteiger partial charge is 0.233 e. The average molecular weight is 216 g/mol. The molecule has 0 bridgehead atoms. The van der Waals surface area contributed by atoms with Crippen LogP contribution in [0.25, 0.3) is 0 Å². The summed E-state index contributed by atoms with van der Waals surface area (Å²) in [4.78, 5) is 0. The molecule has 1 aliphatic heterocycles. The summed E-state index contributed by atoms with van der Waals surface area (Å²) in [6, 6.07) is 3.68. The van der Waals surface area contributed by atoms with Crippen LogP contribution in [0, 0.1) is 0 Å². The molecule has 0 spiro atoms. The Kier molecular flexibility index (Phi) is 4.62. The average Bonchev–Trinajstić information content (AvgIpc) is 2.21. The lowest BCUT2D eigenvalue weighted by Gasteiger charge is -2.22. The molecule has 1 N–H and O–H groups in total. The number of ether oxygens (including phenoxy) is 1. The molecular formula is C9H14ClN3O. The fraction of sp³-hybridized carbons (Fsp3) is 0.556. The van der Waals surface area contributed by atoms with Gasteiger partial charge in [0.25, 0.3) is 0 Å². The lowest BCUT2D eigenvalue weighted by molar-refractivity contribution is 0.154. The predicted molar refractivity (Wildman–Crippen MR) is 55.8 cm³/mol. The van der Waals surface area contributed by atoms with E-state index in [0.717, 1.165) is 25.9 Å². The summed E-state index contributed by atoms with van der Waals surface area (Å²) in [7, 11) is 0. The molecule has 0 radical (unpaired) electrons. The van der Waals surface area contributed by atoms with Gasteiger partial charge in [-0.1, -0.05) is 0 Å². The van der Waals surface area contributed by atoms with E-state index >= 15 is 0 Å². The fourth-order valence-corrected chi connectivity index (χ4v) is 1.43. The summed E-state index contributed by atoms with van der Waals surface area (Å²) in [5.41, 5.74) is 0. The van der Waals surface area contributed by atoms with Crippen molar-refractivity contribution in [3.05, 3.63) is 18.3 Å². The summed E-state index contributed by atoms with van der Waals surface area (Å²) >= 11 is 0. The molecule has 0 atom stereocenters. The fourth-order valence-electron chi connectivity index (χ4n) is 1.43. The van der Waals surface area contributed by atoms with Crippen LogP contribution in [-0.2, 0) is 0 Å². The Labute approximate surface area is 89.5 Å². The third-order valence-corrected chi connectivity index (χ3v) is 2.12. The highest BCUT2D eigenvalue weighted by Crippen LogP contribution is 2.11. The van der Waals surface area contributed by atoms with Crippen molar-refractivity contribution in [1.29, 1.82) is 0 Å². The Morgan fingerprint density at radius 1 is 1.36 bits per heavy atom. The van der Waals surface area contributed by atoms with Gasteiger partial charge in [0.1, 0.15) is 6.10 Å². The number of hydrogen-bond acceptors (Lipinski definition) is 4. The number of nitrogens with zero attached hydrogens (tertiary/aromatic N) is 2. The van der Waals surface area contributed by atoms with E-state index in [-0.39, 0.29) is 12.4 Å². The highest BCUT2D eigenvalue weighted by atomic mass is 35.5. The third-order valence-electron chi connectivity index (χ3n) is 2.12. The molecular weight excluding hydrogens is 202 g/mol. The summed E-state index contributed by atoms with van der Waals surface area (Å²) in [5.74, 6) is 0.634. The second-order valence-corrected chi connectivity index (χ2v) is 3.13. The zero-order valence-electron chi connectivity index (χ0n) is 7.85. The van der Waals surface area contributed by atoms with E-state index in [9.17, 15) is 0 Å². The van der Waals surface area contributed by atoms with Gasteiger partial charge in [-0.25, -0.2) is 0 Å². The van der Waals surface area contributed by atoms with E-state index in [1.165, 1.54) is 0 Å². The van der Waals surface area contributed by atoms with E-state index < -0.39 is 0 Å². The Morgan fingerprint density at radius 3 is 2.79 bits per heavy atom. The van der Waals surface area contributed by atoms with Gasteiger partial charge < -0.3 is 10.1 Å². The first kappa shape index (κ1) is 11.2. The molecule has 0 aliphatic carbocycles. The Morgan fingerprint density at radius 2 is 2.14 bits per heavy atom. The zero-order valence-corrected chi connectivity index (χ0v) is 8.67. The summed E-state index contributed by atoms with van der Waals surface area (Å²) in [6.07, 6.45) is 4.06. The van der Waals surface area contributed by atoms with Crippen molar-refractivity contribution in [2.45, 2.75) is 18.9 Å². The number of nitrogens with one attached hydrogen (secondary N) is 1. The molecule has 1 aromatic heterocycles. The molecule has 0 amide bonds. The Bertz CT molecular complexity index is 251. The first-order chi connectivity index (χ1) is 6.45. The first-order valence-electron chi connectivity index (χ1n) is 4.60. The molecule has 2 rings (SSSR count). The van der Waals surface area contributed by atoms with Gasteiger partial charge in [0, 0.05) is 12.3 Å². The van der Waals surface area contributed by atoms with Crippen LogP contribution in [0.5, 0.6) is 5.88 Å². The second-order valence-electron chi connectivity index (χ2n) is 3.13.